The zero-order valence-electron chi connectivity index (χ0n) is 17.8. The fourth-order valence-corrected chi connectivity index (χ4v) is 3.19. The molecule has 32 heavy (non-hydrogen) atoms. The van der Waals surface area contributed by atoms with Gasteiger partial charge in [-0.15, -0.1) is 0 Å². The van der Waals surface area contributed by atoms with Crippen LogP contribution in [0.3, 0.4) is 0 Å². The van der Waals surface area contributed by atoms with Crippen LogP contribution in [-0.4, -0.2) is 19.1 Å². The van der Waals surface area contributed by atoms with Crippen LogP contribution in [0.4, 0.5) is 5.69 Å². The highest BCUT2D eigenvalue weighted by molar-refractivity contribution is 6.06. The van der Waals surface area contributed by atoms with Crippen LogP contribution in [0.25, 0.3) is 0 Å². The topological polar surface area (TPSA) is 86.3 Å². The van der Waals surface area contributed by atoms with E-state index in [4.69, 9.17) is 14.7 Å². The number of nitriles is 2. The average molecular weight is 425 g/mol. The normalized spacial score (nSPS) is 9.97. The summed E-state index contributed by atoms with van der Waals surface area (Å²) in [5.74, 6) is 1.01. The van der Waals surface area contributed by atoms with Crippen molar-refractivity contribution in [2.45, 2.75) is 20.0 Å². The Hall–Kier alpha value is -4.29. The number of rotatable bonds is 9. The number of hydrogen-bond acceptors (Lipinski definition) is 5. The van der Waals surface area contributed by atoms with E-state index in [1.165, 1.54) is 0 Å². The number of carbonyl (C=O) groups is 1. The fraction of sp³-hybridized carbons (Fsp3) is 0.192. The zero-order valence-corrected chi connectivity index (χ0v) is 17.8. The second kappa shape index (κ2) is 11.2. The number of nitrogens with zero attached hydrogens (tertiary/aromatic N) is 3. The molecule has 0 aliphatic carbocycles. The minimum atomic E-state index is -0.229. The van der Waals surface area contributed by atoms with E-state index in [2.05, 4.69) is 12.1 Å². The minimum absolute atomic E-state index is 0.208. The van der Waals surface area contributed by atoms with Crippen LogP contribution in [0.1, 0.15) is 34.8 Å². The van der Waals surface area contributed by atoms with Crippen molar-refractivity contribution in [2.24, 2.45) is 0 Å². The van der Waals surface area contributed by atoms with Gasteiger partial charge in [-0.2, -0.15) is 10.5 Å². The summed E-state index contributed by atoms with van der Waals surface area (Å²) in [4.78, 5) is 14.8. The molecule has 0 bridgehead atoms. The van der Waals surface area contributed by atoms with E-state index in [0.29, 0.717) is 29.2 Å². The van der Waals surface area contributed by atoms with Crippen molar-refractivity contribution in [1.29, 1.82) is 10.5 Å². The number of carbonyl (C=O) groups excluding carboxylic acids is 1. The van der Waals surface area contributed by atoms with E-state index in [1.807, 2.05) is 19.1 Å². The molecule has 0 heterocycles. The van der Waals surface area contributed by atoms with Gasteiger partial charge in [-0.25, -0.2) is 0 Å². The Bertz CT molecular complexity index is 1140. The Morgan fingerprint density at radius 3 is 2.44 bits per heavy atom. The molecule has 6 nitrogen and oxygen atoms in total. The van der Waals surface area contributed by atoms with Crippen LogP contribution < -0.4 is 14.4 Å². The number of anilines is 1. The van der Waals surface area contributed by atoms with Crippen molar-refractivity contribution >= 4 is 11.6 Å². The van der Waals surface area contributed by atoms with Gasteiger partial charge in [0, 0.05) is 23.4 Å². The highest BCUT2D eigenvalue weighted by Gasteiger charge is 2.18. The summed E-state index contributed by atoms with van der Waals surface area (Å²) in [6.07, 6.45) is 0.208. The summed E-state index contributed by atoms with van der Waals surface area (Å²) < 4.78 is 11.3. The standard InChI is InChI=1S/C26H23N3O3/c1-2-31-24-13-11-23(12-14-24)29(16-6-15-27)26(30)20-9-5-10-25(17-20)32-19-22-8-4-3-7-21(22)18-28/h3-5,7-14,17H,2,6,16,19H2,1H3. The molecule has 0 aliphatic rings. The number of amides is 1. The molecule has 6 heteroatoms. The van der Waals surface area contributed by atoms with Gasteiger partial charge in [0.25, 0.3) is 5.91 Å². The van der Waals surface area contributed by atoms with E-state index < -0.39 is 0 Å². The Kier molecular flexibility index (Phi) is 7.84. The molecular formula is C26H23N3O3. The molecule has 0 aliphatic heterocycles. The molecule has 0 spiro atoms. The molecular weight excluding hydrogens is 402 g/mol. The third-order valence-electron chi connectivity index (χ3n) is 4.76. The van der Waals surface area contributed by atoms with Gasteiger partial charge >= 0.3 is 0 Å². The lowest BCUT2D eigenvalue weighted by Crippen LogP contribution is -2.31. The van der Waals surface area contributed by atoms with Crippen LogP contribution in [0.5, 0.6) is 11.5 Å². The van der Waals surface area contributed by atoms with E-state index in [-0.39, 0.29) is 25.5 Å². The first-order valence-electron chi connectivity index (χ1n) is 10.3. The molecule has 3 aromatic carbocycles. The van der Waals surface area contributed by atoms with Crippen molar-refractivity contribution in [3.8, 4) is 23.6 Å². The van der Waals surface area contributed by atoms with Gasteiger partial charge in [-0.3, -0.25) is 4.79 Å². The van der Waals surface area contributed by atoms with Crippen molar-refractivity contribution in [3.63, 3.8) is 0 Å². The lowest BCUT2D eigenvalue weighted by molar-refractivity contribution is 0.0987. The molecule has 0 saturated heterocycles. The van der Waals surface area contributed by atoms with Crippen LogP contribution in [0.15, 0.2) is 72.8 Å². The summed E-state index contributed by atoms with van der Waals surface area (Å²) in [5, 5.41) is 18.3. The van der Waals surface area contributed by atoms with E-state index in [1.54, 1.807) is 65.6 Å². The maximum absolute atomic E-state index is 13.3. The van der Waals surface area contributed by atoms with Crippen molar-refractivity contribution in [3.05, 3.63) is 89.5 Å². The lowest BCUT2D eigenvalue weighted by atomic mass is 10.1. The molecule has 3 aromatic rings. The first kappa shape index (κ1) is 22.4. The SMILES string of the molecule is CCOc1ccc(N(CCC#N)C(=O)c2cccc(OCc3ccccc3C#N)c2)cc1. The van der Waals surface area contributed by atoms with Crippen molar-refractivity contribution in [2.75, 3.05) is 18.1 Å². The molecule has 0 saturated carbocycles. The second-order valence-electron chi connectivity index (χ2n) is 6.88. The van der Waals surface area contributed by atoms with Crippen LogP contribution in [-0.2, 0) is 6.61 Å². The smallest absolute Gasteiger partial charge is 0.258 e. The van der Waals surface area contributed by atoms with Crippen LogP contribution in [0, 0.1) is 22.7 Å². The van der Waals surface area contributed by atoms with E-state index in [9.17, 15) is 10.1 Å². The average Bonchev–Trinajstić information content (AvgIpc) is 2.84. The number of benzene rings is 3. The van der Waals surface area contributed by atoms with Crippen molar-refractivity contribution < 1.29 is 14.3 Å². The Morgan fingerprint density at radius 1 is 0.938 bits per heavy atom. The lowest BCUT2D eigenvalue weighted by Gasteiger charge is -2.22. The molecule has 0 unspecified atom stereocenters. The Balaban J connectivity index is 1.79. The first-order chi connectivity index (χ1) is 15.7. The van der Waals surface area contributed by atoms with E-state index in [0.717, 1.165) is 11.3 Å². The van der Waals surface area contributed by atoms with Gasteiger partial charge in [-0.05, 0) is 55.5 Å². The molecule has 160 valence electrons. The minimum Gasteiger partial charge on any atom is -0.494 e. The summed E-state index contributed by atoms with van der Waals surface area (Å²) in [6.45, 7) is 2.95. The van der Waals surface area contributed by atoms with Gasteiger partial charge in [0.1, 0.15) is 18.1 Å². The van der Waals surface area contributed by atoms with Crippen molar-refractivity contribution in [1.82, 2.24) is 0 Å². The summed E-state index contributed by atoms with van der Waals surface area (Å²) >= 11 is 0. The van der Waals surface area contributed by atoms with Gasteiger partial charge in [0.2, 0.25) is 0 Å². The quantitative estimate of drug-likeness (QED) is 0.476. The third kappa shape index (κ3) is 5.65. The second-order valence-corrected chi connectivity index (χ2v) is 6.88. The molecule has 0 N–H and O–H groups in total. The predicted octanol–water partition coefficient (Wildman–Crippen LogP) is 5.10. The molecule has 0 radical (unpaired) electrons. The largest absolute Gasteiger partial charge is 0.494 e. The van der Waals surface area contributed by atoms with Gasteiger partial charge in [0.15, 0.2) is 0 Å². The monoisotopic (exact) mass is 425 g/mol. The maximum atomic E-state index is 13.3. The molecule has 1 amide bonds. The van der Waals surface area contributed by atoms with Gasteiger partial charge in [0.05, 0.1) is 30.7 Å². The number of ether oxygens (including phenoxy) is 2. The summed E-state index contributed by atoms with van der Waals surface area (Å²) in [5.41, 5.74) is 2.46. The molecule has 0 aromatic heterocycles. The number of hydrogen-bond donors (Lipinski definition) is 0. The van der Waals surface area contributed by atoms with Crippen LogP contribution in [0.2, 0.25) is 0 Å². The van der Waals surface area contributed by atoms with E-state index >= 15 is 0 Å². The molecule has 3 rings (SSSR count). The first-order valence-corrected chi connectivity index (χ1v) is 10.3. The van der Waals surface area contributed by atoms with Gasteiger partial charge in [-0.1, -0.05) is 24.3 Å². The van der Waals surface area contributed by atoms with Gasteiger partial charge < -0.3 is 14.4 Å². The molecule has 0 fully saturated rings. The predicted molar refractivity (Wildman–Crippen MR) is 121 cm³/mol. The third-order valence-corrected chi connectivity index (χ3v) is 4.76. The maximum Gasteiger partial charge on any atom is 0.258 e. The summed E-state index contributed by atoms with van der Waals surface area (Å²) in [7, 11) is 0. The highest BCUT2D eigenvalue weighted by Crippen LogP contribution is 2.24. The fourth-order valence-electron chi connectivity index (χ4n) is 3.19. The Labute approximate surface area is 187 Å². The summed E-state index contributed by atoms with van der Waals surface area (Å²) in [6, 6.07) is 25.6. The Morgan fingerprint density at radius 2 is 1.72 bits per heavy atom. The molecule has 0 atom stereocenters. The highest BCUT2D eigenvalue weighted by atomic mass is 16.5. The van der Waals surface area contributed by atoms with Crippen LogP contribution >= 0.6 is 0 Å². The zero-order chi connectivity index (χ0) is 22.8.